The summed E-state index contributed by atoms with van der Waals surface area (Å²) in [6, 6.07) is 0. The van der Waals surface area contributed by atoms with Crippen molar-refractivity contribution >= 4 is 18.5 Å². The van der Waals surface area contributed by atoms with E-state index in [1.807, 2.05) is 15.8 Å². The summed E-state index contributed by atoms with van der Waals surface area (Å²) in [4.78, 5) is 14.2. The van der Waals surface area contributed by atoms with Crippen LogP contribution in [0.25, 0.3) is 0 Å². The standard InChI is InChI=1S/C17H28N4OS/c1-12(2)15-11-21(19-18-15)10-13(3)5-6-16(23)17(22)20-8-7-14(4)9-20/h7,11-13,16,23H,5-6,8-10H2,1-4H3. The molecule has 0 bridgehead atoms. The summed E-state index contributed by atoms with van der Waals surface area (Å²) in [6.45, 7) is 10.8. The third-order valence-electron chi connectivity index (χ3n) is 4.28. The lowest BCUT2D eigenvalue weighted by molar-refractivity contribution is -0.129. The van der Waals surface area contributed by atoms with Crippen LogP contribution in [-0.4, -0.2) is 44.1 Å². The molecule has 1 aliphatic heterocycles. The largest absolute Gasteiger partial charge is 0.334 e. The molecule has 1 aromatic heterocycles. The normalized spacial score (nSPS) is 17.5. The molecule has 1 amide bonds. The molecule has 2 rings (SSSR count). The number of carbonyl (C=O) groups excluding carboxylic acids is 1. The van der Waals surface area contributed by atoms with Crippen molar-refractivity contribution in [3.05, 3.63) is 23.5 Å². The summed E-state index contributed by atoms with van der Waals surface area (Å²) in [6.07, 6.45) is 5.88. The lowest BCUT2D eigenvalue weighted by Crippen LogP contribution is -2.35. The number of hydrogen-bond acceptors (Lipinski definition) is 4. The molecule has 0 saturated carbocycles. The Morgan fingerprint density at radius 1 is 1.35 bits per heavy atom. The van der Waals surface area contributed by atoms with Gasteiger partial charge < -0.3 is 4.90 Å². The number of rotatable bonds is 7. The molecule has 0 N–H and O–H groups in total. The van der Waals surface area contributed by atoms with E-state index in [0.717, 1.165) is 38.2 Å². The van der Waals surface area contributed by atoms with E-state index < -0.39 is 0 Å². The fourth-order valence-corrected chi connectivity index (χ4v) is 3.03. The van der Waals surface area contributed by atoms with Crippen LogP contribution in [-0.2, 0) is 11.3 Å². The average Bonchev–Trinajstić information content (AvgIpc) is 3.13. The van der Waals surface area contributed by atoms with Crippen LogP contribution in [0.2, 0.25) is 0 Å². The number of nitrogens with zero attached hydrogens (tertiary/aromatic N) is 4. The first-order valence-corrected chi connectivity index (χ1v) is 8.91. The minimum absolute atomic E-state index is 0.150. The molecule has 1 aliphatic rings. The fourth-order valence-electron chi connectivity index (χ4n) is 2.72. The van der Waals surface area contributed by atoms with Gasteiger partial charge in [0, 0.05) is 25.8 Å². The van der Waals surface area contributed by atoms with Crippen LogP contribution < -0.4 is 0 Å². The molecule has 2 atom stereocenters. The van der Waals surface area contributed by atoms with Crippen LogP contribution >= 0.6 is 12.6 Å². The number of aromatic nitrogens is 3. The maximum atomic E-state index is 12.3. The van der Waals surface area contributed by atoms with Crippen LogP contribution in [0.4, 0.5) is 0 Å². The van der Waals surface area contributed by atoms with Crippen molar-refractivity contribution in [2.24, 2.45) is 5.92 Å². The first-order chi connectivity index (χ1) is 10.9. The van der Waals surface area contributed by atoms with Crippen molar-refractivity contribution in [2.75, 3.05) is 13.1 Å². The zero-order chi connectivity index (χ0) is 17.0. The highest BCUT2D eigenvalue weighted by Gasteiger charge is 2.23. The van der Waals surface area contributed by atoms with Crippen molar-refractivity contribution in [2.45, 2.75) is 58.2 Å². The van der Waals surface area contributed by atoms with Gasteiger partial charge in [0.15, 0.2) is 0 Å². The van der Waals surface area contributed by atoms with Gasteiger partial charge in [0.25, 0.3) is 0 Å². The third kappa shape index (κ3) is 5.09. The summed E-state index contributed by atoms with van der Waals surface area (Å²) >= 11 is 4.51. The quantitative estimate of drug-likeness (QED) is 0.615. The van der Waals surface area contributed by atoms with E-state index in [2.05, 4.69) is 56.7 Å². The Morgan fingerprint density at radius 2 is 2.09 bits per heavy atom. The molecular weight excluding hydrogens is 308 g/mol. The molecule has 0 fully saturated rings. The monoisotopic (exact) mass is 336 g/mol. The Balaban J connectivity index is 1.74. The van der Waals surface area contributed by atoms with Gasteiger partial charge in [-0.2, -0.15) is 12.6 Å². The fraction of sp³-hybridized carbons (Fsp3) is 0.706. The van der Waals surface area contributed by atoms with Gasteiger partial charge in [-0.15, -0.1) is 5.10 Å². The zero-order valence-corrected chi connectivity index (χ0v) is 15.5. The van der Waals surface area contributed by atoms with E-state index in [9.17, 15) is 4.79 Å². The Labute approximate surface area is 144 Å². The summed E-state index contributed by atoms with van der Waals surface area (Å²) in [5.41, 5.74) is 2.29. The van der Waals surface area contributed by atoms with Crippen molar-refractivity contribution < 1.29 is 4.79 Å². The van der Waals surface area contributed by atoms with Crippen molar-refractivity contribution in [1.82, 2.24) is 19.9 Å². The van der Waals surface area contributed by atoms with Gasteiger partial charge in [-0.05, 0) is 31.6 Å². The molecule has 0 aromatic carbocycles. The summed E-state index contributed by atoms with van der Waals surface area (Å²) in [7, 11) is 0. The minimum Gasteiger partial charge on any atom is -0.334 e. The molecule has 0 saturated heterocycles. The van der Waals surface area contributed by atoms with Crippen LogP contribution in [0.15, 0.2) is 17.8 Å². The van der Waals surface area contributed by atoms with Gasteiger partial charge in [-0.25, -0.2) is 0 Å². The van der Waals surface area contributed by atoms with Crippen molar-refractivity contribution in [1.29, 1.82) is 0 Å². The molecule has 128 valence electrons. The van der Waals surface area contributed by atoms with E-state index in [-0.39, 0.29) is 11.2 Å². The molecular formula is C17H28N4OS. The summed E-state index contributed by atoms with van der Waals surface area (Å²) in [5, 5.41) is 8.15. The molecule has 2 unspecified atom stereocenters. The van der Waals surface area contributed by atoms with Crippen LogP contribution in [0.3, 0.4) is 0 Å². The second-order valence-electron chi connectivity index (χ2n) is 6.99. The van der Waals surface area contributed by atoms with Gasteiger partial charge in [0.1, 0.15) is 0 Å². The molecule has 0 radical (unpaired) electrons. The smallest absolute Gasteiger partial charge is 0.235 e. The maximum absolute atomic E-state index is 12.3. The SMILES string of the molecule is CC1=CCN(C(=O)C(S)CCC(C)Cn2cc(C(C)C)nn2)C1. The molecule has 23 heavy (non-hydrogen) atoms. The van der Waals surface area contributed by atoms with Gasteiger partial charge in [0.2, 0.25) is 5.91 Å². The molecule has 2 heterocycles. The molecule has 5 nitrogen and oxygen atoms in total. The number of carbonyl (C=O) groups is 1. The highest BCUT2D eigenvalue weighted by atomic mass is 32.1. The van der Waals surface area contributed by atoms with E-state index in [1.54, 1.807) is 0 Å². The summed E-state index contributed by atoms with van der Waals surface area (Å²) in [5.74, 6) is 0.991. The topological polar surface area (TPSA) is 51.0 Å². The maximum Gasteiger partial charge on any atom is 0.235 e. The lowest BCUT2D eigenvalue weighted by Gasteiger charge is -2.21. The lowest BCUT2D eigenvalue weighted by atomic mass is 10.0. The Kier molecular flexibility index (Phi) is 6.27. The second kappa shape index (κ2) is 7.99. The number of amides is 1. The van der Waals surface area contributed by atoms with Crippen LogP contribution in [0, 0.1) is 5.92 Å². The number of hydrogen-bond donors (Lipinski definition) is 1. The van der Waals surface area contributed by atoms with Gasteiger partial charge >= 0.3 is 0 Å². The molecule has 1 aromatic rings. The molecule has 0 spiro atoms. The van der Waals surface area contributed by atoms with Crippen LogP contribution in [0.1, 0.15) is 52.1 Å². The van der Waals surface area contributed by atoms with Crippen LogP contribution in [0.5, 0.6) is 0 Å². The Hall–Kier alpha value is -1.30. The van der Waals surface area contributed by atoms with E-state index >= 15 is 0 Å². The van der Waals surface area contributed by atoms with E-state index in [4.69, 9.17) is 0 Å². The van der Waals surface area contributed by atoms with Gasteiger partial charge in [0.05, 0.1) is 10.9 Å². The second-order valence-corrected chi connectivity index (χ2v) is 7.61. The molecule has 0 aliphatic carbocycles. The van der Waals surface area contributed by atoms with Gasteiger partial charge in [-0.3, -0.25) is 9.48 Å². The Morgan fingerprint density at radius 3 is 2.65 bits per heavy atom. The predicted molar refractivity (Wildman–Crippen MR) is 95.6 cm³/mol. The highest BCUT2D eigenvalue weighted by Crippen LogP contribution is 2.18. The first-order valence-electron chi connectivity index (χ1n) is 8.39. The van der Waals surface area contributed by atoms with Crippen molar-refractivity contribution in [3.8, 4) is 0 Å². The van der Waals surface area contributed by atoms with E-state index in [1.165, 1.54) is 5.57 Å². The van der Waals surface area contributed by atoms with Crippen molar-refractivity contribution in [3.63, 3.8) is 0 Å². The average molecular weight is 337 g/mol. The summed E-state index contributed by atoms with van der Waals surface area (Å²) < 4.78 is 1.91. The Bertz CT molecular complexity index is 567. The minimum atomic E-state index is -0.210. The third-order valence-corrected chi connectivity index (χ3v) is 4.76. The number of thiol groups is 1. The van der Waals surface area contributed by atoms with E-state index in [0.29, 0.717) is 11.8 Å². The predicted octanol–water partition coefficient (Wildman–Crippen LogP) is 2.90. The zero-order valence-electron chi connectivity index (χ0n) is 14.6. The highest BCUT2D eigenvalue weighted by molar-refractivity contribution is 7.81. The first kappa shape index (κ1) is 18.0. The molecule has 6 heteroatoms. The van der Waals surface area contributed by atoms with Gasteiger partial charge in [-0.1, -0.05) is 37.6 Å².